The molecule has 2 N–H and O–H groups in total. The van der Waals surface area contributed by atoms with Crippen LogP contribution in [-0.2, 0) is 9.59 Å². The fourth-order valence-electron chi connectivity index (χ4n) is 3.36. The van der Waals surface area contributed by atoms with Gasteiger partial charge >= 0.3 is 6.03 Å². The van der Waals surface area contributed by atoms with Crippen LogP contribution >= 0.6 is 0 Å². The van der Waals surface area contributed by atoms with Gasteiger partial charge in [-0.15, -0.1) is 0 Å². The Morgan fingerprint density at radius 2 is 1.80 bits per heavy atom. The van der Waals surface area contributed by atoms with Crippen molar-refractivity contribution in [1.82, 2.24) is 20.4 Å². The number of fused-ring (bicyclic) bond motifs is 1. The van der Waals surface area contributed by atoms with Crippen LogP contribution in [0, 0.1) is 5.92 Å². The number of ether oxygens (including phenoxy) is 2. The lowest BCUT2D eigenvalue weighted by molar-refractivity contribution is -0.143. The molecule has 4 amide bonds. The van der Waals surface area contributed by atoms with Crippen LogP contribution in [0.15, 0.2) is 24.3 Å². The van der Waals surface area contributed by atoms with Gasteiger partial charge in [0, 0.05) is 32.7 Å². The molecule has 1 unspecified atom stereocenters. The number of carbonyl (C=O) groups excluding carboxylic acids is 3. The monoisotopic (exact) mass is 418 g/mol. The first-order valence-corrected chi connectivity index (χ1v) is 10.4. The Bertz CT molecular complexity index is 762. The van der Waals surface area contributed by atoms with E-state index < -0.39 is 12.1 Å². The Hall–Kier alpha value is -2.81. The standard InChI is InChI=1S/C21H30N4O5/c1-15(2)7-8-22-21(28)23-19(26)13-24-9-11-25(12-10-24)20(27)18-14-29-16-5-3-4-6-17(16)30-18/h3-6,15,18H,7-14H2,1-2H3,(H2,22,23,26,28). The van der Waals surface area contributed by atoms with Crippen molar-refractivity contribution in [3.8, 4) is 11.5 Å². The fourth-order valence-corrected chi connectivity index (χ4v) is 3.36. The number of amides is 4. The summed E-state index contributed by atoms with van der Waals surface area (Å²) in [5.74, 6) is 1.24. The Morgan fingerprint density at radius 3 is 2.50 bits per heavy atom. The number of para-hydroxylation sites is 2. The molecule has 1 aromatic carbocycles. The summed E-state index contributed by atoms with van der Waals surface area (Å²) >= 11 is 0. The molecule has 1 atom stereocenters. The van der Waals surface area contributed by atoms with E-state index in [0.29, 0.717) is 50.1 Å². The molecule has 1 saturated heterocycles. The van der Waals surface area contributed by atoms with Crippen molar-refractivity contribution in [1.29, 1.82) is 0 Å². The van der Waals surface area contributed by atoms with Gasteiger partial charge in [-0.25, -0.2) is 4.79 Å². The van der Waals surface area contributed by atoms with Gasteiger partial charge in [-0.05, 0) is 24.5 Å². The Kier molecular flexibility index (Phi) is 7.51. The topological polar surface area (TPSA) is 100 Å². The first-order chi connectivity index (χ1) is 14.4. The molecule has 3 rings (SSSR count). The molecule has 2 aliphatic rings. The van der Waals surface area contributed by atoms with Crippen molar-refractivity contribution in [3.63, 3.8) is 0 Å². The minimum absolute atomic E-state index is 0.113. The summed E-state index contributed by atoms with van der Waals surface area (Å²) in [7, 11) is 0. The molecule has 30 heavy (non-hydrogen) atoms. The predicted octanol–water partition coefficient (Wildman–Crippen LogP) is 0.843. The van der Waals surface area contributed by atoms with Crippen LogP contribution in [0.25, 0.3) is 0 Å². The Balaban J connectivity index is 1.38. The van der Waals surface area contributed by atoms with Gasteiger partial charge in [-0.1, -0.05) is 26.0 Å². The normalized spacial score (nSPS) is 18.8. The van der Waals surface area contributed by atoms with Crippen molar-refractivity contribution in [2.24, 2.45) is 5.92 Å². The molecule has 0 aromatic heterocycles. The molecule has 0 radical (unpaired) electrons. The first kappa shape index (κ1) is 21.9. The van der Waals surface area contributed by atoms with E-state index in [1.165, 1.54) is 0 Å². The van der Waals surface area contributed by atoms with E-state index in [1.807, 2.05) is 23.1 Å². The quantitative estimate of drug-likeness (QED) is 0.710. The number of hydrogen-bond donors (Lipinski definition) is 2. The number of rotatable bonds is 6. The van der Waals surface area contributed by atoms with Crippen LogP contribution in [-0.4, -0.2) is 79.6 Å². The average Bonchev–Trinajstić information content (AvgIpc) is 2.73. The maximum absolute atomic E-state index is 12.8. The van der Waals surface area contributed by atoms with Crippen molar-refractivity contribution >= 4 is 17.8 Å². The molecule has 0 saturated carbocycles. The summed E-state index contributed by atoms with van der Waals surface area (Å²) in [6.45, 7) is 7.08. The van der Waals surface area contributed by atoms with E-state index in [-0.39, 0.29) is 25.0 Å². The zero-order valence-electron chi connectivity index (χ0n) is 17.6. The summed E-state index contributed by atoms with van der Waals surface area (Å²) in [4.78, 5) is 40.2. The van der Waals surface area contributed by atoms with Crippen molar-refractivity contribution < 1.29 is 23.9 Å². The molecule has 9 heteroatoms. The van der Waals surface area contributed by atoms with E-state index in [4.69, 9.17) is 9.47 Å². The lowest BCUT2D eigenvalue weighted by Crippen LogP contribution is -2.55. The second kappa shape index (κ2) is 10.3. The highest BCUT2D eigenvalue weighted by Crippen LogP contribution is 2.31. The van der Waals surface area contributed by atoms with E-state index in [2.05, 4.69) is 24.5 Å². The van der Waals surface area contributed by atoms with E-state index in [1.54, 1.807) is 11.0 Å². The molecule has 1 aromatic rings. The maximum atomic E-state index is 12.8. The summed E-state index contributed by atoms with van der Waals surface area (Å²) in [6.07, 6.45) is 0.197. The van der Waals surface area contributed by atoms with Crippen LogP contribution < -0.4 is 20.1 Å². The zero-order valence-corrected chi connectivity index (χ0v) is 17.6. The number of benzene rings is 1. The van der Waals surface area contributed by atoms with Gasteiger partial charge in [-0.2, -0.15) is 0 Å². The minimum Gasteiger partial charge on any atom is -0.485 e. The number of hydrogen-bond acceptors (Lipinski definition) is 6. The zero-order chi connectivity index (χ0) is 21.5. The molecule has 1 fully saturated rings. The van der Waals surface area contributed by atoms with Gasteiger partial charge in [0.25, 0.3) is 5.91 Å². The average molecular weight is 418 g/mol. The Morgan fingerprint density at radius 1 is 1.10 bits per heavy atom. The van der Waals surface area contributed by atoms with E-state index >= 15 is 0 Å². The second-order valence-electron chi connectivity index (χ2n) is 7.95. The number of nitrogens with zero attached hydrogens (tertiary/aromatic N) is 2. The number of urea groups is 1. The molecule has 0 spiro atoms. The van der Waals surface area contributed by atoms with E-state index in [9.17, 15) is 14.4 Å². The number of nitrogens with one attached hydrogen (secondary N) is 2. The van der Waals surface area contributed by atoms with Gasteiger partial charge in [0.1, 0.15) is 6.61 Å². The first-order valence-electron chi connectivity index (χ1n) is 10.4. The van der Waals surface area contributed by atoms with Gasteiger partial charge in [0.05, 0.1) is 6.54 Å². The SMILES string of the molecule is CC(C)CCNC(=O)NC(=O)CN1CCN(C(=O)C2COc3ccccc3O2)CC1. The summed E-state index contributed by atoms with van der Waals surface area (Å²) in [5, 5.41) is 5.03. The Labute approximate surface area is 176 Å². The van der Waals surface area contributed by atoms with Crippen LogP contribution in [0.2, 0.25) is 0 Å². The van der Waals surface area contributed by atoms with Crippen LogP contribution in [0.1, 0.15) is 20.3 Å². The largest absolute Gasteiger partial charge is 0.485 e. The summed E-state index contributed by atoms with van der Waals surface area (Å²) < 4.78 is 11.4. The molecule has 2 heterocycles. The number of piperazine rings is 1. The van der Waals surface area contributed by atoms with Crippen molar-refractivity contribution in [2.45, 2.75) is 26.4 Å². The highest BCUT2D eigenvalue weighted by atomic mass is 16.6. The summed E-state index contributed by atoms with van der Waals surface area (Å²) in [6, 6.07) is 6.82. The third-order valence-electron chi connectivity index (χ3n) is 5.10. The van der Waals surface area contributed by atoms with Crippen LogP contribution in [0.3, 0.4) is 0 Å². The number of imide groups is 1. The van der Waals surface area contributed by atoms with Gasteiger partial charge in [0.2, 0.25) is 12.0 Å². The molecule has 0 bridgehead atoms. The lowest BCUT2D eigenvalue weighted by atomic mass is 10.1. The highest BCUT2D eigenvalue weighted by Gasteiger charge is 2.32. The summed E-state index contributed by atoms with van der Waals surface area (Å²) in [5.41, 5.74) is 0. The predicted molar refractivity (Wildman–Crippen MR) is 110 cm³/mol. The smallest absolute Gasteiger partial charge is 0.321 e. The van der Waals surface area contributed by atoms with Gasteiger partial charge in [-0.3, -0.25) is 19.8 Å². The van der Waals surface area contributed by atoms with E-state index in [0.717, 1.165) is 6.42 Å². The highest BCUT2D eigenvalue weighted by molar-refractivity contribution is 5.95. The second-order valence-corrected chi connectivity index (χ2v) is 7.95. The number of carbonyl (C=O) groups is 3. The van der Waals surface area contributed by atoms with Gasteiger partial charge in [0.15, 0.2) is 11.5 Å². The molecule has 164 valence electrons. The molecular formula is C21H30N4O5. The van der Waals surface area contributed by atoms with Gasteiger partial charge < -0.3 is 19.7 Å². The lowest BCUT2D eigenvalue weighted by Gasteiger charge is -2.36. The third-order valence-corrected chi connectivity index (χ3v) is 5.10. The molecule has 9 nitrogen and oxygen atoms in total. The fraction of sp³-hybridized carbons (Fsp3) is 0.571. The third kappa shape index (κ3) is 6.09. The van der Waals surface area contributed by atoms with Crippen LogP contribution in [0.4, 0.5) is 4.79 Å². The van der Waals surface area contributed by atoms with Crippen LogP contribution in [0.5, 0.6) is 11.5 Å². The molecule has 2 aliphatic heterocycles. The molecule has 0 aliphatic carbocycles. The maximum Gasteiger partial charge on any atom is 0.321 e. The molecular weight excluding hydrogens is 388 g/mol. The van der Waals surface area contributed by atoms with Crippen molar-refractivity contribution in [3.05, 3.63) is 24.3 Å². The minimum atomic E-state index is -0.663. The van der Waals surface area contributed by atoms with Crippen molar-refractivity contribution in [2.75, 3.05) is 45.9 Å².